The molecular formula is C20H20N6S. The number of anilines is 1. The number of nitrogens with two attached hydrogens (primary N) is 1. The summed E-state index contributed by atoms with van der Waals surface area (Å²) in [7, 11) is 0. The fourth-order valence-corrected chi connectivity index (χ4v) is 3.59. The van der Waals surface area contributed by atoms with E-state index in [2.05, 4.69) is 53.5 Å². The van der Waals surface area contributed by atoms with Gasteiger partial charge >= 0.3 is 0 Å². The number of nitrogen functional groups attached to an aromatic ring is 1. The van der Waals surface area contributed by atoms with Crippen LogP contribution < -0.4 is 5.73 Å². The minimum Gasteiger partial charge on any atom is -0.374 e. The molecule has 2 aromatic heterocycles. The van der Waals surface area contributed by atoms with Gasteiger partial charge in [-0.2, -0.15) is 5.10 Å². The molecule has 0 amide bonds. The van der Waals surface area contributed by atoms with Crippen LogP contribution in [0.2, 0.25) is 0 Å². The summed E-state index contributed by atoms with van der Waals surface area (Å²) in [5.41, 5.74) is 9.18. The Morgan fingerprint density at radius 3 is 2.48 bits per heavy atom. The number of para-hydroxylation sites is 1. The van der Waals surface area contributed by atoms with Crippen LogP contribution in [0.1, 0.15) is 27.8 Å². The molecule has 4 aromatic rings. The van der Waals surface area contributed by atoms with Gasteiger partial charge in [0.2, 0.25) is 5.13 Å². The molecule has 0 unspecified atom stereocenters. The third-order valence-corrected chi connectivity index (χ3v) is 5.09. The molecule has 2 aromatic carbocycles. The lowest BCUT2D eigenvalue weighted by atomic mass is 10.1. The topological polar surface area (TPSA) is 82.5 Å². The molecule has 136 valence electrons. The molecule has 0 saturated carbocycles. The zero-order chi connectivity index (χ0) is 18.6. The number of hydrogen-bond acceptors (Lipinski definition) is 6. The first kappa shape index (κ1) is 17.4. The monoisotopic (exact) mass is 376 g/mol. The Bertz CT molecular complexity index is 1040. The molecule has 0 saturated heterocycles. The standard InChI is InChI=1S/C20H20N6S/c1-14-7-5-6-10-16(14)26-18(13-19-23-24-20(21)27-19)22-17(25-26)12-11-15-8-3-2-4-9-15/h2-10H,11-13H2,1H3,(H2,21,24). The summed E-state index contributed by atoms with van der Waals surface area (Å²) < 4.78 is 1.92. The minimum absolute atomic E-state index is 0.469. The van der Waals surface area contributed by atoms with E-state index >= 15 is 0 Å². The van der Waals surface area contributed by atoms with Crippen molar-refractivity contribution < 1.29 is 0 Å². The second kappa shape index (κ2) is 7.67. The number of rotatable bonds is 6. The number of aromatic nitrogens is 5. The highest BCUT2D eigenvalue weighted by Crippen LogP contribution is 2.20. The molecule has 0 atom stereocenters. The maximum Gasteiger partial charge on any atom is 0.203 e. The van der Waals surface area contributed by atoms with Crippen molar-refractivity contribution in [3.05, 3.63) is 82.4 Å². The van der Waals surface area contributed by atoms with Gasteiger partial charge in [0.25, 0.3) is 0 Å². The van der Waals surface area contributed by atoms with Gasteiger partial charge in [0.15, 0.2) is 5.82 Å². The quantitative estimate of drug-likeness (QED) is 0.558. The third-order valence-electron chi connectivity index (χ3n) is 4.33. The molecule has 0 aliphatic rings. The maximum absolute atomic E-state index is 5.72. The van der Waals surface area contributed by atoms with Crippen LogP contribution in [0, 0.1) is 6.92 Å². The van der Waals surface area contributed by atoms with Gasteiger partial charge < -0.3 is 5.73 Å². The smallest absolute Gasteiger partial charge is 0.203 e. The Morgan fingerprint density at radius 2 is 1.74 bits per heavy atom. The van der Waals surface area contributed by atoms with Gasteiger partial charge in [0, 0.05) is 6.42 Å². The summed E-state index contributed by atoms with van der Waals surface area (Å²) in [5.74, 6) is 1.68. The average Bonchev–Trinajstić information content (AvgIpc) is 3.27. The van der Waals surface area contributed by atoms with E-state index in [-0.39, 0.29) is 0 Å². The number of nitrogens with zero attached hydrogens (tertiary/aromatic N) is 5. The Hall–Kier alpha value is -3.06. The van der Waals surface area contributed by atoms with Crippen molar-refractivity contribution in [1.82, 2.24) is 25.0 Å². The SMILES string of the molecule is Cc1ccccc1-n1nc(CCc2ccccc2)nc1Cc1nnc(N)s1. The van der Waals surface area contributed by atoms with E-state index in [9.17, 15) is 0 Å². The number of hydrogen-bond donors (Lipinski definition) is 1. The average molecular weight is 376 g/mol. The molecule has 0 bridgehead atoms. The molecule has 0 aliphatic carbocycles. The first-order chi connectivity index (χ1) is 13.2. The van der Waals surface area contributed by atoms with Gasteiger partial charge in [0.05, 0.1) is 12.1 Å². The van der Waals surface area contributed by atoms with Gasteiger partial charge in [-0.3, -0.25) is 0 Å². The van der Waals surface area contributed by atoms with Crippen LogP contribution in [-0.4, -0.2) is 25.0 Å². The van der Waals surface area contributed by atoms with Gasteiger partial charge in [-0.15, -0.1) is 10.2 Å². The van der Waals surface area contributed by atoms with E-state index in [1.807, 2.05) is 22.9 Å². The van der Waals surface area contributed by atoms with Crippen LogP contribution in [0.5, 0.6) is 0 Å². The molecule has 7 heteroatoms. The largest absolute Gasteiger partial charge is 0.374 e. The van der Waals surface area contributed by atoms with Crippen LogP contribution in [0.3, 0.4) is 0 Å². The predicted molar refractivity (Wildman–Crippen MR) is 107 cm³/mol. The lowest BCUT2D eigenvalue weighted by Crippen LogP contribution is -2.05. The van der Waals surface area contributed by atoms with Crippen LogP contribution in [0.4, 0.5) is 5.13 Å². The molecule has 0 radical (unpaired) electrons. The summed E-state index contributed by atoms with van der Waals surface area (Å²) in [6, 6.07) is 18.6. The Morgan fingerprint density at radius 1 is 0.963 bits per heavy atom. The zero-order valence-corrected chi connectivity index (χ0v) is 15.9. The van der Waals surface area contributed by atoms with Crippen LogP contribution in [0.15, 0.2) is 54.6 Å². The fraction of sp³-hybridized carbons (Fsp3) is 0.200. The van der Waals surface area contributed by atoms with Crippen LogP contribution in [0.25, 0.3) is 5.69 Å². The van der Waals surface area contributed by atoms with E-state index in [4.69, 9.17) is 15.8 Å². The molecule has 6 nitrogen and oxygen atoms in total. The molecule has 2 N–H and O–H groups in total. The van der Waals surface area contributed by atoms with Crippen molar-refractivity contribution in [2.45, 2.75) is 26.2 Å². The minimum atomic E-state index is 0.469. The van der Waals surface area contributed by atoms with Crippen molar-refractivity contribution >= 4 is 16.5 Å². The normalized spacial score (nSPS) is 11.0. The maximum atomic E-state index is 5.72. The number of aryl methyl sites for hydroxylation is 3. The van der Waals surface area contributed by atoms with Crippen molar-refractivity contribution in [2.24, 2.45) is 0 Å². The van der Waals surface area contributed by atoms with Crippen LogP contribution in [-0.2, 0) is 19.3 Å². The van der Waals surface area contributed by atoms with Crippen LogP contribution >= 0.6 is 11.3 Å². The van der Waals surface area contributed by atoms with Gasteiger partial charge in [-0.1, -0.05) is 59.9 Å². The Balaban J connectivity index is 1.65. The van der Waals surface area contributed by atoms with Crippen molar-refractivity contribution in [1.29, 1.82) is 0 Å². The summed E-state index contributed by atoms with van der Waals surface area (Å²) >= 11 is 1.38. The summed E-state index contributed by atoms with van der Waals surface area (Å²) in [6.07, 6.45) is 2.25. The second-order valence-electron chi connectivity index (χ2n) is 6.34. The molecule has 4 rings (SSSR count). The first-order valence-electron chi connectivity index (χ1n) is 8.81. The van der Waals surface area contributed by atoms with Crippen molar-refractivity contribution in [2.75, 3.05) is 5.73 Å². The Kier molecular flexibility index (Phi) is 4.93. The summed E-state index contributed by atoms with van der Waals surface area (Å²) in [5, 5.41) is 14.1. The molecule has 0 spiro atoms. The summed E-state index contributed by atoms with van der Waals surface area (Å²) in [6.45, 7) is 2.08. The third kappa shape index (κ3) is 4.03. The highest BCUT2D eigenvalue weighted by molar-refractivity contribution is 7.15. The predicted octanol–water partition coefficient (Wildman–Crippen LogP) is 3.39. The second-order valence-corrected chi connectivity index (χ2v) is 7.43. The molecule has 27 heavy (non-hydrogen) atoms. The highest BCUT2D eigenvalue weighted by Gasteiger charge is 2.15. The fourth-order valence-electron chi connectivity index (χ4n) is 2.98. The van der Waals surface area contributed by atoms with E-state index in [0.717, 1.165) is 40.7 Å². The first-order valence-corrected chi connectivity index (χ1v) is 9.63. The Labute approximate surface area is 161 Å². The summed E-state index contributed by atoms with van der Waals surface area (Å²) in [4.78, 5) is 4.80. The highest BCUT2D eigenvalue weighted by atomic mass is 32.1. The van der Waals surface area contributed by atoms with E-state index < -0.39 is 0 Å². The van der Waals surface area contributed by atoms with Gasteiger partial charge in [-0.25, -0.2) is 9.67 Å². The van der Waals surface area contributed by atoms with E-state index in [1.54, 1.807) is 0 Å². The van der Waals surface area contributed by atoms with E-state index in [0.29, 0.717) is 11.6 Å². The lowest BCUT2D eigenvalue weighted by molar-refractivity contribution is 0.781. The van der Waals surface area contributed by atoms with Gasteiger partial charge in [0.1, 0.15) is 10.8 Å². The molecule has 0 aliphatic heterocycles. The van der Waals surface area contributed by atoms with Crippen molar-refractivity contribution in [3.8, 4) is 5.69 Å². The van der Waals surface area contributed by atoms with Gasteiger partial charge in [-0.05, 0) is 30.5 Å². The van der Waals surface area contributed by atoms with E-state index in [1.165, 1.54) is 16.9 Å². The molecular weight excluding hydrogens is 356 g/mol. The molecule has 2 heterocycles. The number of benzene rings is 2. The lowest BCUT2D eigenvalue weighted by Gasteiger charge is -2.07. The zero-order valence-electron chi connectivity index (χ0n) is 15.0. The van der Waals surface area contributed by atoms with Crippen molar-refractivity contribution in [3.63, 3.8) is 0 Å². The molecule has 0 fully saturated rings.